The van der Waals surface area contributed by atoms with Gasteiger partial charge in [0.25, 0.3) is 0 Å². The Morgan fingerprint density at radius 2 is 1.95 bits per heavy atom. The zero-order valence-corrected chi connectivity index (χ0v) is 12.7. The van der Waals surface area contributed by atoms with Crippen LogP contribution in [-0.4, -0.2) is 24.1 Å². The maximum absolute atomic E-state index is 13.4. The summed E-state index contributed by atoms with van der Waals surface area (Å²) in [7, 11) is 2.04. The summed E-state index contributed by atoms with van der Waals surface area (Å²) in [4.78, 5) is 6.45. The molecule has 0 saturated heterocycles. The summed E-state index contributed by atoms with van der Waals surface area (Å²) in [5, 5.41) is 3.33. The molecule has 0 fully saturated rings. The van der Waals surface area contributed by atoms with E-state index in [1.165, 1.54) is 6.20 Å². The van der Waals surface area contributed by atoms with Crippen molar-refractivity contribution in [3.8, 4) is 0 Å². The number of pyridine rings is 1. The molecule has 108 valence electrons. The third-order valence-corrected chi connectivity index (χ3v) is 3.43. The molecule has 1 heterocycles. The second kappa shape index (κ2) is 7.43. The van der Waals surface area contributed by atoms with Crippen molar-refractivity contribution in [1.29, 1.82) is 0 Å². The molecule has 0 atom stereocenters. The summed E-state index contributed by atoms with van der Waals surface area (Å²) in [5.74, 6) is 0.602. The summed E-state index contributed by atoms with van der Waals surface area (Å²) in [6, 6.07) is 2.39. The van der Waals surface area contributed by atoms with Crippen molar-refractivity contribution >= 4 is 5.82 Å². The van der Waals surface area contributed by atoms with E-state index in [0.29, 0.717) is 18.6 Å². The van der Waals surface area contributed by atoms with Crippen LogP contribution in [0.2, 0.25) is 0 Å². The van der Waals surface area contributed by atoms with Crippen molar-refractivity contribution in [2.75, 3.05) is 11.9 Å². The molecule has 19 heavy (non-hydrogen) atoms. The van der Waals surface area contributed by atoms with E-state index >= 15 is 0 Å². The van der Waals surface area contributed by atoms with Crippen LogP contribution in [0.4, 0.5) is 10.2 Å². The van der Waals surface area contributed by atoms with Crippen LogP contribution in [0.25, 0.3) is 0 Å². The lowest BCUT2D eigenvalue weighted by Crippen LogP contribution is -2.33. The molecule has 0 radical (unpaired) electrons. The number of nitrogens with zero attached hydrogens (tertiary/aromatic N) is 2. The van der Waals surface area contributed by atoms with Crippen LogP contribution < -0.4 is 10.2 Å². The summed E-state index contributed by atoms with van der Waals surface area (Å²) >= 11 is 0. The second-order valence-electron chi connectivity index (χ2n) is 5.25. The number of hydrogen-bond donors (Lipinski definition) is 1. The van der Waals surface area contributed by atoms with E-state index in [0.717, 1.165) is 24.2 Å². The minimum absolute atomic E-state index is 0.276. The number of aromatic nitrogens is 1. The van der Waals surface area contributed by atoms with Gasteiger partial charge in [0.2, 0.25) is 0 Å². The Balaban J connectivity index is 2.98. The Morgan fingerprint density at radius 1 is 1.32 bits per heavy atom. The SMILES string of the molecule is CCC(CC)N(C)c1ncc(F)cc1CNC(C)C. The van der Waals surface area contributed by atoms with Gasteiger partial charge in [0, 0.05) is 31.2 Å². The van der Waals surface area contributed by atoms with Crippen molar-refractivity contribution in [2.24, 2.45) is 0 Å². The lowest BCUT2D eigenvalue weighted by Gasteiger charge is -2.29. The first kappa shape index (κ1) is 15.9. The van der Waals surface area contributed by atoms with E-state index < -0.39 is 0 Å². The highest BCUT2D eigenvalue weighted by atomic mass is 19.1. The Kier molecular flexibility index (Phi) is 6.22. The molecule has 0 aromatic carbocycles. The van der Waals surface area contributed by atoms with Gasteiger partial charge in [-0.25, -0.2) is 9.37 Å². The minimum Gasteiger partial charge on any atom is -0.356 e. The molecule has 3 nitrogen and oxygen atoms in total. The highest BCUT2D eigenvalue weighted by molar-refractivity contribution is 5.47. The molecule has 4 heteroatoms. The molecule has 0 saturated carbocycles. The minimum atomic E-state index is -0.276. The van der Waals surface area contributed by atoms with Gasteiger partial charge in [0.15, 0.2) is 0 Å². The number of hydrogen-bond acceptors (Lipinski definition) is 3. The van der Waals surface area contributed by atoms with Gasteiger partial charge in [-0.05, 0) is 18.9 Å². The molecule has 0 amide bonds. The predicted molar refractivity (Wildman–Crippen MR) is 78.9 cm³/mol. The molecular formula is C15H26FN3. The van der Waals surface area contributed by atoms with Crippen molar-refractivity contribution < 1.29 is 4.39 Å². The summed E-state index contributed by atoms with van der Waals surface area (Å²) in [5.41, 5.74) is 0.920. The lowest BCUT2D eigenvalue weighted by molar-refractivity contribution is 0.560. The predicted octanol–water partition coefficient (Wildman–Crippen LogP) is 3.34. The van der Waals surface area contributed by atoms with E-state index in [9.17, 15) is 4.39 Å². The van der Waals surface area contributed by atoms with E-state index in [-0.39, 0.29) is 5.82 Å². The first-order chi connectivity index (χ1) is 8.99. The molecule has 0 spiro atoms. The molecular weight excluding hydrogens is 241 g/mol. The average Bonchev–Trinajstić information content (AvgIpc) is 2.37. The summed E-state index contributed by atoms with van der Waals surface area (Å²) in [6.45, 7) is 9.14. The number of nitrogens with one attached hydrogen (secondary N) is 1. The van der Waals surface area contributed by atoms with Crippen molar-refractivity contribution in [3.63, 3.8) is 0 Å². The van der Waals surface area contributed by atoms with E-state index in [1.807, 2.05) is 7.05 Å². The first-order valence-corrected chi connectivity index (χ1v) is 7.10. The number of rotatable bonds is 7. The first-order valence-electron chi connectivity index (χ1n) is 7.10. The van der Waals surface area contributed by atoms with Gasteiger partial charge >= 0.3 is 0 Å². The number of anilines is 1. The summed E-state index contributed by atoms with van der Waals surface area (Å²) < 4.78 is 13.4. The standard InChI is InChI=1S/C15H26FN3/c1-6-14(7-2)19(5)15-12(9-17-11(3)4)8-13(16)10-18-15/h8,10-11,14,17H,6-7,9H2,1-5H3. The van der Waals surface area contributed by atoms with E-state index in [2.05, 4.69) is 42.9 Å². The molecule has 0 bridgehead atoms. The van der Waals surface area contributed by atoms with Crippen LogP contribution in [0, 0.1) is 5.82 Å². The molecule has 0 aliphatic rings. The van der Waals surface area contributed by atoms with Gasteiger partial charge in [0.1, 0.15) is 11.6 Å². The molecule has 0 aliphatic carbocycles. The fourth-order valence-corrected chi connectivity index (χ4v) is 2.25. The van der Waals surface area contributed by atoms with E-state index in [1.54, 1.807) is 6.07 Å². The third kappa shape index (κ3) is 4.46. The molecule has 1 aromatic heterocycles. The Bertz CT molecular complexity index is 389. The van der Waals surface area contributed by atoms with Gasteiger partial charge in [-0.2, -0.15) is 0 Å². The van der Waals surface area contributed by atoms with Crippen LogP contribution in [0.15, 0.2) is 12.3 Å². The quantitative estimate of drug-likeness (QED) is 0.821. The van der Waals surface area contributed by atoms with Crippen molar-refractivity contribution in [1.82, 2.24) is 10.3 Å². The van der Waals surface area contributed by atoms with Crippen LogP contribution in [0.5, 0.6) is 0 Å². The molecule has 0 unspecified atom stereocenters. The topological polar surface area (TPSA) is 28.2 Å². The van der Waals surface area contributed by atoms with Crippen molar-refractivity contribution in [3.05, 3.63) is 23.6 Å². The smallest absolute Gasteiger partial charge is 0.141 e. The summed E-state index contributed by atoms with van der Waals surface area (Å²) in [6.07, 6.45) is 3.42. The van der Waals surface area contributed by atoms with Crippen LogP contribution in [0.3, 0.4) is 0 Å². The van der Waals surface area contributed by atoms with Gasteiger partial charge < -0.3 is 10.2 Å². The Labute approximate surface area is 116 Å². The van der Waals surface area contributed by atoms with Crippen molar-refractivity contribution in [2.45, 2.75) is 59.2 Å². The average molecular weight is 267 g/mol. The highest BCUT2D eigenvalue weighted by Gasteiger charge is 2.16. The Hall–Kier alpha value is -1.16. The maximum Gasteiger partial charge on any atom is 0.141 e. The van der Waals surface area contributed by atoms with Crippen LogP contribution in [-0.2, 0) is 6.54 Å². The Morgan fingerprint density at radius 3 is 2.47 bits per heavy atom. The fourth-order valence-electron chi connectivity index (χ4n) is 2.25. The fraction of sp³-hybridized carbons (Fsp3) is 0.667. The normalized spacial score (nSPS) is 11.4. The lowest BCUT2D eigenvalue weighted by atomic mass is 10.1. The highest BCUT2D eigenvalue weighted by Crippen LogP contribution is 2.21. The monoisotopic (exact) mass is 267 g/mol. The van der Waals surface area contributed by atoms with Gasteiger partial charge in [0.05, 0.1) is 6.20 Å². The molecule has 0 aliphatic heterocycles. The van der Waals surface area contributed by atoms with Gasteiger partial charge in [-0.15, -0.1) is 0 Å². The second-order valence-corrected chi connectivity index (χ2v) is 5.25. The maximum atomic E-state index is 13.4. The largest absolute Gasteiger partial charge is 0.356 e. The zero-order chi connectivity index (χ0) is 14.4. The van der Waals surface area contributed by atoms with Gasteiger partial charge in [-0.1, -0.05) is 27.7 Å². The molecule has 1 rings (SSSR count). The van der Waals surface area contributed by atoms with Crippen LogP contribution >= 0.6 is 0 Å². The number of halogens is 1. The van der Waals surface area contributed by atoms with E-state index in [4.69, 9.17) is 0 Å². The van der Waals surface area contributed by atoms with Gasteiger partial charge in [-0.3, -0.25) is 0 Å². The van der Waals surface area contributed by atoms with Crippen LogP contribution in [0.1, 0.15) is 46.1 Å². The zero-order valence-electron chi connectivity index (χ0n) is 12.7. The molecule has 1 aromatic rings. The molecule has 1 N–H and O–H groups in total. The third-order valence-electron chi connectivity index (χ3n) is 3.43.